The highest BCUT2D eigenvalue weighted by molar-refractivity contribution is 6.30. The summed E-state index contributed by atoms with van der Waals surface area (Å²) in [6.07, 6.45) is 2.17. The molecule has 0 atom stereocenters. The molecule has 0 aromatic heterocycles. The Balaban J connectivity index is 2.49. The summed E-state index contributed by atoms with van der Waals surface area (Å²) in [5, 5.41) is 0.223. The van der Waals surface area contributed by atoms with Gasteiger partial charge >= 0.3 is 0 Å². The summed E-state index contributed by atoms with van der Waals surface area (Å²) in [5.41, 5.74) is 7.65. The smallest absolute Gasteiger partial charge is 0.145 e. The van der Waals surface area contributed by atoms with Crippen LogP contribution in [0, 0.1) is 5.82 Å². The van der Waals surface area contributed by atoms with Crippen molar-refractivity contribution in [3.8, 4) is 0 Å². The first-order valence-corrected chi connectivity index (χ1v) is 6.07. The lowest BCUT2D eigenvalue weighted by atomic mass is 9.91. The number of halogens is 2. The number of nitrogens with two attached hydrogens (primary N) is 1. The zero-order valence-electron chi connectivity index (χ0n) is 9.69. The molecule has 0 unspecified atom stereocenters. The molecule has 2 rings (SSSR count). The van der Waals surface area contributed by atoms with Gasteiger partial charge in [0.15, 0.2) is 0 Å². The van der Waals surface area contributed by atoms with Crippen molar-refractivity contribution < 1.29 is 4.39 Å². The minimum atomic E-state index is -0.284. The maximum atomic E-state index is 13.8. The molecule has 0 radical (unpaired) electrons. The number of rotatable bonds is 3. The standard InChI is InChI=1S/C13H17ClFN/c1-8(2)10-5-9(6-11(14)12(10)15)13(7-16)3-4-13/h5-6,8H,3-4,7,16H2,1-2H3. The normalized spacial score (nSPS) is 17.9. The summed E-state index contributed by atoms with van der Waals surface area (Å²) in [7, 11) is 0. The van der Waals surface area contributed by atoms with E-state index in [-0.39, 0.29) is 22.2 Å². The summed E-state index contributed by atoms with van der Waals surface area (Å²) in [4.78, 5) is 0. The zero-order chi connectivity index (χ0) is 11.9. The third-order valence-electron chi connectivity index (χ3n) is 3.54. The van der Waals surface area contributed by atoms with Gasteiger partial charge in [0.1, 0.15) is 5.82 Å². The van der Waals surface area contributed by atoms with Crippen molar-refractivity contribution in [1.82, 2.24) is 0 Å². The summed E-state index contributed by atoms with van der Waals surface area (Å²) in [6, 6.07) is 3.67. The number of hydrogen-bond donors (Lipinski definition) is 1. The molecule has 1 fully saturated rings. The van der Waals surface area contributed by atoms with Crippen LogP contribution >= 0.6 is 11.6 Å². The Morgan fingerprint density at radius 2 is 2.06 bits per heavy atom. The first-order valence-electron chi connectivity index (χ1n) is 5.69. The van der Waals surface area contributed by atoms with Gasteiger partial charge in [-0.2, -0.15) is 0 Å². The second-order valence-corrected chi connectivity index (χ2v) is 5.41. The third-order valence-corrected chi connectivity index (χ3v) is 3.81. The molecule has 0 heterocycles. The highest BCUT2D eigenvalue weighted by Crippen LogP contribution is 2.48. The van der Waals surface area contributed by atoms with Crippen molar-refractivity contribution in [2.24, 2.45) is 5.73 Å². The van der Waals surface area contributed by atoms with Gasteiger partial charge in [0.25, 0.3) is 0 Å². The second kappa shape index (κ2) is 4.01. The van der Waals surface area contributed by atoms with Gasteiger partial charge in [-0.1, -0.05) is 31.5 Å². The Morgan fingerprint density at radius 3 is 2.50 bits per heavy atom. The van der Waals surface area contributed by atoms with E-state index in [0.717, 1.165) is 18.4 Å². The van der Waals surface area contributed by atoms with Crippen molar-refractivity contribution in [2.75, 3.05) is 6.54 Å². The van der Waals surface area contributed by atoms with Crippen LogP contribution < -0.4 is 5.73 Å². The first kappa shape index (κ1) is 11.9. The van der Waals surface area contributed by atoms with Crippen LogP contribution in [0.1, 0.15) is 43.7 Å². The lowest BCUT2D eigenvalue weighted by Gasteiger charge is -2.17. The van der Waals surface area contributed by atoms with Crippen LogP contribution in [0.4, 0.5) is 4.39 Å². The van der Waals surface area contributed by atoms with E-state index in [0.29, 0.717) is 12.1 Å². The Hall–Kier alpha value is -0.600. The quantitative estimate of drug-likeness (QED) is 0.860. The minimum Gasteiger partial charge on any atom is -0.330 e. The molecular formula is C13H17ClFN. The van der Waals surface area contributed by atoms with Crippen molar-refractivity contribution in [1.29, 1.82) is 0 Å². The van der Waals surface area contributed by atoms with Crippen LogP contribution in [0.25, 0.3) is 0 Å². The third kappa shape index (κ3) is 1.85. The van der Waals surface area contributed by atoms with Gasteiger partial charge in [0.2, 0.25) is 0 Å². The van der Waals surface area contributed by atoms with Crippen molar-refractivity contribution in [3.05, 3.63) is 34.1 Å². The van der Waals surface area contributed by atoms with Crippen LogP contribution in [0.2, 0.25) is 5.02 Å². The molecule has 1 aromatic carbocycles. The van der Waals surface area contributed by atoms with Crippen LogP contribution in [0.5, 0.6) is 0 Å². The Labute approximate surface area is 101 Å². The minimum absolute atomic E-state index is 0.0704. The molecule has 0 bridgehead atoms. The van der Waals surface area contributed by atoms with E-state index < -0.39 is 0 Å². The van der Waals surface area contributed by atoms with E-state index in [9.17, 15) is 4.39 Å². The second-order valence-electron chi connectivity index (χ2n) is 5.00. The molecule has 0 spiro atoms. The summed E-state index contributed by atoms with van der Waals surface area (Å²) in [6.45, 7) is 4.56. The van der Waals surface area contributed by atoms with Crippen molar-refractivity contribution >= 4 is 11.6 Å². The maximum absolute atomic E-state index is 13.8. The molecular weight excluding hydrogens is 225 g/mol. The van der Waals surface area contributed by atoms with Crippen LogP contribution in [-0.4, -0.2) is 6.54 Å². The summed E-state index contributed by atoms with van der Waals surface area (Å²) < 4.78 is 13.8. The van der Waals surface area contributed by atoms with Gasteiger partial charge in [0, 0.05) is 12.0 Å². The first-order chi connectivity index (χ1) is 7.50. The van der Waals surface area contributed by atoms with Crippen LogP contribution in [-0.2, 0) is 5.41 Å². The lowest BCUT2D eigenvalue weighted by Crippen LogP contribution is -2.20. The monoisotopic (exact) mass is 241 g/mol. The molecule has 1 nitrogen and oxygen atoms in total. The Morgan fingerprint density at radius 1 is 1.44 bits per heavy atom. The van der Waals surface area contributed by atoms with Gasteiger partial charge in [-0.25, -0.2) is 4.39 Å². The molecule has 1 aromatic rings. The molecule has 16 heavy (non-hydrogen) atoms. The predicted molar refractivity (Wildman–Crippen MR) is 65.5 cm³/mol. The van der Waals surface area contributed by atoms with E-state index in [1.54, 1.807) is 6.07 Å². The average molecular weight is 242 g/mol. The summed E-state index contributed by atoms with van der Waals surface area (Å²) in [5.74, 6) is -0.140. The molecule has 3 heteroatoms. The predicted octanol–water partition coefficient (Wildman–Crippen LogP) is 3.59. The fourth-order valence-electron chi connectivity index (χ4n) is 2.10. The number of benzene rings is 1. The molecule has 0 amide bonds. The fraction of sp³-hybridized carbons (Fsp3) is 0.538. The van der Waals surface area contributed by atoms with E-state index >= 15 is 0 Å². The van der Waals surface area contributed by atoms with Crippen LogP contribution in [0.3, 0.4) is 0 Å². The van der Waals surface area contributed by atoms with Gasteiger partial charge in [-0.3, -0.25) is 0 Å². The highest BCUT2D eigenvalue weighted by atomic mass is 35.5. The molecule has 1 saturated carbocycles. The van der Waals surface area contributed by atoms with Gasteiger partial charge in [-0.15, -0.1) is 0 Å². The molecule has 1 aliphatic rings. The van der Waals surface area contributed by atoms with E-state index in [4.69, 9.17) is 17.3 Å². The highest BCUT2D eigenvalue weighted by Gasteiger charge is 2.43. The SMILES string of the molecule is CC(C)c1cc(C2(CN)CC2)cc(Cl)c1F. The lowest BCUT2D eigenvalue weighted by molar-refractivity contribution is 0.594. The number of hydrogen-bond acceptors (Lipinski definition) is 1. The van der Waals surface area contributed by atoms with Crippen LogP contribution in [0.15, 0.2) is 12.1 Å². The van der Waals surface area contributed by atoms with Crippen molar-refractivity contribution in [2.45, 2.75) is 38.0 Å². The largest absolute Gasteiger partial charge is 0.330 e. The summed E-state index contributed by atoms with van der Waals surface area (Å²) >= 11 is 5.94. The molecule has 2 N–H and O–H groups in total. The molecule has 1 aliphatic carbocycles. The zero-order valence-corrected chi connectivity index (χ0v) is 10.4. The Kier molecular flexibility index (Phi) is 2.97. The topological polar surface area (TPSA) is 26.0 Å². The molecule has 0 aliphatic heterocycles. The maximum Gasteiger partial charge on any atom is 0.145 e. The average Bonchev–Trinajstić information content (AvgIpc) is 3.02. The van der Waals surface area contributed by atoms with Gasteiger partial charge in [-0.05, 0) is 36.0 Å². The molecule has 88 valence electrons. The van der Waals surface area contributed by atoms with Crippen molar-refractivity contribution in [3.63, 3.8) is 0 Å². The fourth-order valence-corrected chi connectivity index (χ4v) is 2.32. The van der Waals surface area contributed by atoms with E-state index in [1.165, 1.54) is 0 Å². The van der Waals surface area contributed by atoms with E-state index in [2.05, 4.69) is 0 Å². The van der Waals surface area contributed by atoms with Gasteiger partial charge in [0.05, 0.1) is 5.02 Å². The molecule has 0 saturated heterocycles. The Bertz CT molecular complexity index is 411. The van der Waals surface area contributed by atoms with E-state index in [1.807, 2.05) is 19.9 Å². The van der Waals surface area contributed by atoms with Gasteiger partial charge < -0.3 is 5.73 Å².